The first kappa shape index (κ1) is 43.2. The maximum atomic E-state index is 12.2. The number of nitrogens with two attached hydrogens (primary N) is 1. The highest BCUT2D eigenvalue weighted by atomic mass is 35.5. The Labute approximate surface area is 339 Å². The van der Waals surface area contributed by atoms with E-state index in [-0.39, 0.29) is 48.7 Å². The molecule has 8 aliphatic rings. The van der Waals surface area contributed by atoms with Gasteiger partial charge in [-0.05, 0) is 159 Å². The van der Waals surface area contributed by atoms with Crippen molar-refractivity contribution in [1.29, 1.82) is 0 Å². The first-order valence-electron chi connectivity index (χ1n) is 21.9. The number of hydrogen-bond donors (Lipinski definition) is 1. The minimum absolute atomic E-state index is 0. The van der Waals surface area contributed by atoms with E-state index in [4.69, 9.17) is 15.2 Å². The lowest BCUT2D eigenvalue weighted by atomic mass is 9.45. The molecule has 8 rings (SSSR count). The van der Waals surface area contributed by atoms with E-state index in [1.54, 1.807) is 0 Å². The molecule has 6 saturated carbocycles. The zero-order valence-electron chi connectivity index (χ0n) is 35.3. The normalized spacial score (nSPS) is 40.4. The van der Waals surface area contributed by atoms with E-state index < -0.39 is 9.84 Å². The molecule has 0 aromatic carbocycles. The van der Waals surface area contributed by atoms with Crippen LogP contribution in [0.3, 0.4) is 0 Å². The number of carbonyl (C=O) groups is 2. The van der Waals surface area contributed by atoms with Crippen LogP contribution in [0.15, 0.2) is 23.3 Å². The van der Waals surface area contributed by atoms with Gasteiger partial charge in [0.2, 0.25) is 0 Å². The molecule has 2 saturated heterocycles. The molecule has 2 spiro atoms. The van der Waals surface area contributed by atoms with Crippen LogP contribution in [-0.2, 0) is 28.9 Å². The van der Waals surface area contributed by atoms with E-state index >= 15 is 0 Å². The summed E-state index contributed by atoms with van der Waals surface area (Å²) < 4.78 is 33.7. The Morgan fingerprint density at radius 2 is 1.09 bits per heavy atom. The molecule has 0 radical (unpaired) electrons. The Morgan fingerprint density at radius 1 is 0.655 bits per heavy atom. The van der Waals surface area contributed by atoms with E-state index in [1.807, 2.05) is 6.08 Å². The number of esters is 2. The van der Waals surface area contributed by atoms with Crippen molar-refractivity contribution in [2.24, 2.45) is 67.8 Å². The second kappa shape index (κ2) is 15.3. The lowest BCUT2D eigenvalue weighted by Crippen LogP contribution is -2.52. The number of carbonyl (C=O) groups excluding carboxylic acids is 2. The second-order valence-corrected chi connectivity index (χ2v) is 24.0. The molecule has 9 heteroatoms. The number of allylic oxidation sites excluding steroid dienone is 2. The van der Waals surface area contributed by atoms with Gasteiger partial charge >= 0.3 is 11.9 Å². The first-order valence-corrected chi connectivity index (χ1v) is 24.0. The van der Waals surface area contributed by atoms with Crippen LogP contribution in [0.25, 0.3) is 0 Å². The molecule has 6 aliphatic carbocycles. The molecular formula is C46H74ClNO6S. The molecule has 0 bridgehead atoms. The van der Waals surface area contributed by atoms with Gasteiger partial charge in [0, 0.05) is 17.7 Å². The number of fused-ring (bicyclic) bond motifs is 2. The molecule has 7 nitrogen and oxygen atoms in total. The van der Waals surface area contributed by atoms with Crippen molar-refractivity contribution in [2.75, 3.05) is 25.2 Å². The van der Waals surface area contributed by atoms with E-state index in [2.05, 4.69) is 47.6 Å². The van der Waals surface area contributed by atoms with E-state index in [0.29, 0.717) is 50.2 Å². The Morgan fingerprint density at radius 3 is 1.51 bits per heavy atom. The van der Waals surface area contributed by atoms with Crippen LogP contribution in [-0.4, -0.2) is 51.6 Å². The maximum absolute atomic E-state index is 12.2. The SMILES string of the molecule is CC1(C)CCC[C@@]2(C)[C@H]1CCC1(CC1)[C@@H]2CC/C=C1\C(=O)OC[C@H]1CS(C)(=O)=O.CC1(C)CCC[C@@]2(C)[C@H]1CCC1(CC1)[C@@H]2CC/C=C1\C(=O)OC[C@H]1N.Cl. The van der Waals surface area contributed by atoms with Gasteiger partial charge in [-0.25, -0.2) is 18.0 Å². The highest BCUT2D eigenvalue weighted by Crippen LogP contribution is 2.73. The topological polar surface area (TPSA) is 113 Å². The van der Waals surface area contributed by atoms with Crippen molar-refractivity contribution in [3.63, 3.8) is 0 Å². The number of cyclic esters (lactones) is 2. The third-order valence-corrected chi connectivity index (χ3v) is 18.5. The first-order chi connectivity index (χ1) is 25.3. The van der Waals surface area contributed by atoms with Crippen molar-refractivity contribution in [3.8, 4) is 0 Å². The molecule has 2 aliphatic heterocycles. The highest BCUT2D eigenvalue weighted by Gasteiger charge is 2.64. The second-order valence-electron chi connectivity index (χ2n) is 21.8. The predicted octanol–water partition coefficient (Wildman–Crippen LogP) is 9.96. The van der Waals surface area contributed by atoms with Crippen molar-refractivity contribution >= 4 is 34.2 Å². The van der Waals surface area contributed by atoms with Gasteiger partial charge in [-0.2, -0.15) is 0 Å². The minimum Gasteiger partial charge on any atom is -0.462 e. The predicted molar refractivity (Wildman–Crippen MR) is 222 cm³/mol. The number of rotatable bonds is 8. The fraction of sp³-hybridized carbons (Fsp3) is 0.870. The summed E-state index contributed by atoms with van der Waals surface area (Å²) in [6.07, 6.45) is 28.9. The maximum Gasteiger partial charge on any atom is 0.335 e. The standard InChI is InChI=1S/C24H38O4S.C22H35NO2.ClH/c1-22(2)10-6-11-23(3)19(22)9-12-24(13-14-24)20(23)8-5-7-18-17(15-28-21(18)25)16-29(4,26)27;1-20(2)9-5-10-21(3)17(20)8-11-22(12-13-22)18(21)7-4-6-15-16(23)14-25-19(15)24;/h7,17,19-20H,5-6,8-16H2,1-4H3;6,16-18H,4-5,7-14,23H2,1-3H3;1H/b18-7-;15-6-;/t17-,19-,20+,23-;16-,17+,18-,21+;/m01./s1. The minimum atomic E-state index is -3.13. The zero-order chi connectivity index (χ0) is 39.0. The average Bonchev–Trinajstić information content (AvgIpc) is 3.97. The molecule has 55 heavy (non-hydrogen) atoms. The summed E-state index contributed by atoms with van der Waals surface area (Å²) in [5, 5.41) is 0. The van der Waals surface area contributed by atoms with Gasteiger partial charge in [0.1, 0.15) is 16.4 Å². The van der Waals surface area contributed by atoms with Gasteiger partial charge in [-0.15, -0.1) is 12.4 Å². The largest absolute Gasteiger partial charge is 0.462 e. The quantitative estimate of drug-likeness (QED) is 0.192. The lowest BCUT2D eigenvalue weighted by Gasteiger charge is -2.60. The molecule has 0 amide bonds. The van der Waals surface area contributed by atoms with E-state index in [1.165, 1.54) is 103 Å². The highest BCUT2D eigenvalue weighted by molar-refractivity contribution is 7.90. The zero-order valence-corrected chi connectivity index (χ0v) is 36.9. The Hall–Kier alpha value is -1.38. The third-order valence-electron chi connectivity index (χ3n) is 17.5. The van der Waals surface area contributed by atoms with Crippen molar-refractivity contribution < 1.29 is 27.5 Å². The summed E-state index contributed by atoms with van der Waals surface area (Å²) >= 11 is 0. The van der Waals surface area contributed by atoms with Crippen molar-refractivity contribution in [3.05, 3.63) is 23.3 Å². The van der Waals surface area contributed by atoms with Crippen molar-refractivity contribution in [1.82, 2.24) is 0 Å². The molecule has 0 aromatic heterocycles. The van der Waals surface area contributed by atoms with E-state index in [9.17, 15) is 18.0 Å². The van der Waals surface area contributed by atoms with Gasteiger partial charge in [0.25, 0.3) is 0 Å². The number of halogens is 1. The molecule has 8 atom stereocenters. The summed E-state index contributed by atoms with van der Waals surface area (Å²) in [5.74, 6) is 2.38. The average molecular weight is 805 g/mol. The Balaban J connectivity index is 0.000000185. The van der Waals surface area contributed by atoms with Gasteiger partial charge in [0.15, 0.2) is 0 Å². The summed E-state index contributed by atoms with van der Waals surface area (Å²) in [4.78, 5) is 24.0. The van der Waals surface area contributed by atoms with Gasteiger partial charge in [0.05, 0.1) is 24.0 Å². The van der Waals surface area contributed by atoms with Crippen molar-refractivity contribution in [2.45, 2.75) is 163 Å². The molecule has 0 aromatic rings. The number of sulfone groups is 1. The van der Waals surface area contributed by atoms with Crippen LogP contribution in [0.2, 0.25) is 0 Å². The van der Waals surface area contributed by atoms with E-state index in [0.717, 1.165) is 42.9 Å². The summed E-state index contributed by atoms with van der Waals surface area (Å²) in [6.45, 7) is 15.7. The lowest BCUT2D eigenvalue weighted by molar-refractivity contribution is -0.136. The van der Waals surface area contributed by atoms with Crippen LogP contribution < -0.4 is 5.73 Å². The molecule has 312 valence electrons. The summed E-state index contributed by atoms with van der Waals surface area (Å²) in [6, 6.07) is -0.217. The smallest absolute Gasteiger partial charge is 0.335 e. The van der Waals surface area contributed by atoms with Crippen LogP contribution >= 0.6 is 12.4 Å². The fourth-order valence-corrected chi connectivity index (χ4v) is 15.8. The molecular weight excluding hydrogens is 730 g/mol. The summed E-state index contributed by atoms with van der Waals surface area (Å²) in [5.41, 5.74) is 10.3. The number of ether oxygens (including phenoxy) is 2. The van der Waals surface area contributed by atoms with Crippen LogP contribution in [0.1, 0.15) is 157 Å². The van der Waals surface area contributed by atoms with Gasteiger partial charge in [-0.3, -0.25) is 0 Å². The molecule has 2 heterocycles. The summed E-state index contributed by atoms with van der Waals surface area (Å²) in [7, 11) is -3.13. The van der Waals surface area contributed by atoms with Gasteiger partial charge < -0.3 is 15.2 Å². The molecule has 8 fully saturated rings. The number of hydrogen-bond acceptors (Lipinski definition) is 7. The van der Waals surface area contributed by atoms with Gasteiger partial charge in [-0.1, -0.05) is 66.5 Å². The van der Waals surface area contributed by atoms with Crippen LogP contribution in [0.5, 0.6) is 0 Å². The fourth-order valence-electron chi connectivity index (χ4n) is 14.8. The molecule has 2 N–H and O–H groups in total. The van der Waals surface area contributed by atoms with Crippen LogP contribution in [0.4, 0.5) is 0 Å². The Kier molecular flexibility index (Phi) is 12.0. The monoisotopic (exact) mass is 803 g/mol. The third kappa shape index (κ3) is 8.28. The Bertz CT molecular complexity index is 1640. The molecule has 0 unspecified atom stereocenters. The van der Waals surface area contributed by atoms with Crippen LogP contribution in [0, 0.1) is 62.1 Å².